The Bertz CT molecular complexity index is 713. The van der Waals surface area contributed by atoms with Crippen LogP contribution < -0.4 is 0 Å². The predicted molar refractivity (Wildman–Crippen MR) is 94.7 cm³/mol. The summed E-state index contributed by atoms with van der Waals surface area (Å²) in [5.41, 5.74) is 0.313. The maximum atomic E-state index is 12.5. The molecule has 0 aromatic carbocycles. The lowest BCUT2D eigenvalue weighted by Gasteiger charge is -2.30. The molecule has 3 fully saturated rings. The van der Waals surface area contributed by atoms with Gasteiger partial charge in [0, 0.05) is 17.4 Å². The molecule has 1 saturated heterocycles. The zero-order valence-corrected chi connectivity index (χ0v) is 16.3. The van der Waals surface area contributed by atoms with Crippen LogP contribution in [0.3, 0.4) is 0 Å². The number of carboxylic acids is 1. The van der Waals surface area contributed by atoms with E-state index in [9.17, 15) is 24.3 Å². The van der Waals surface area contributed by atoms with E-state index in [4.69, 9.17) is 14.2 Å². The zero-order chi connectivity index (χ0) is 20.7. The largest absolute Gasteiger partial charge is 0.481 e. The van der Waals surface area contributed by atoms with Gasteiger partial charge in [0.1, 0.15) is 12.2 Å². The highest BCUT2D eigenvalue weighted by molar-refractivity contribution is 5.87. The van der Waals surface area contributed by atoms with Gasteiger partial charge in [-0.3, -0.25) is 14.4 Å². The van der Waals surface area contributed by atoms with Crippen LogP contribution >= 0.6 is 0 Å². The van der Waals surface area contributed by atoms with Crippen LogP contribution in [-0.4, -0.2) is 47.3 Å². The number of aliphatic carboxylic acids is 1. The van der Waals surface area contributed by atoms with Gasteiger partial charge in [-0.15, -0.1) is 0 Å². The number of ether oxygens (including phenoxy) is 3. The lowest BCUT2D eigenvalue weighted by atomic mass is 9.78. The third kappa shape index (κ3) is 3.52. The highest BCUT2D eigenvalue weighted by atomic mass is 16.6. The van der Waals surface area contributed by atoms with E-state index in [0.717, 1.165) is 0 Å². The summed E-state index contributed by atoms with van der Waals surface area (Å²) < 4.78 is 16.1. The number of esters is 3. The van der Waals surface area contributed by atoms with Crippen molar-refractivity contribution >= 4 is 23.9 Å². The Morgan fingerprint density at radius 1 is 1.25 bits per heavy atom. The van der Waals surface area contributed by atoms with Crippen molar-refractivity contribution < 1.29 is 38.5 Å². The first-order valence-corrected chi connectivity index (χ1v) is 9.62. The Morgan fingerprint density at radius 2 is 1.93 bits per heavy atom. The van der Waals surface area contributed by atoms with Gasteiger partial charge in [0.05, 0.1) is 23.9 Å². The average molecular weight is 394 g/mol. The monoisotopic (exact) mass is 394 g/mol. The summed E-state index contributed by atoms with van der Waals surface area (Å²) >= 11 is 0. The molecule has 8 unspecified atom stereocenters. The summed E-state index contributed by atoms with van der Waals surface area (Å²) in [6.45, 7) is 8.54. The van der Waals surface area contributed by atoms with Crippen molar-refractivity contribution in [3.8, 4) is 0 Å². The molecule has 2 bridgehead atoms. The van der Waals surface area contributed by atoms with Gasteiger partial charge in [-0.25, -0.2) is 4.79 Å². The third-order valence-electron chi connectivity index (χ3n) is 6.15. The highest BCUT2D eigenvalue weighted by Crippen LogP contribution is 2.58. The Hall–Kier alpha value is -2.38. The second-order valence-corrected chi connectivity index (χ2v) is 8.23. The quantitative estimate of drug-likeness (QED) is 0.376. The Labute approximate surface area is 163 Å². The van der Waals surface area contributed by atoms with E-state index >= 15 is 0 Å². The SMILES string of the molecule is C=C(C)C(=O)OC(C)CCC(C)C(=O)OC1C2CC3C1OC(=O)C3C2C(=O)O. The van der Waals surface area contributed by atoms with E-state index in [2.05, 4.69) is 6.58 Å². The van der Waals surface area contributed by atoms with Crippen LogP contribution in [0.15, 0.2) is 12.2 Å². The Balaban J connectivity index is 1.55. The molecule has 1 N–H and O–H groups in total. The minimum Gasteiger partial charge on any atom is -0.481 e. The molecule has 1 heterocycles. The van der Waals surface area contributed by atoms with Crippen molar-refractivity contribution in [1.29, 1.82) is 0 Å². The third-order valence-corrected chi connectivity index (χ3v) is 6.15. The molecule has 0 radical (unpaired) electrons. The molecular weight excluding hydrogens is 368 g/mol. The van der Waals surface area contributed by atoms with Crippen LogP contribution in [0.2, 0.25) is 0 Å². The standard InChI is InChI=1S/C20H26O8/c1-8(2)18(23)26-10(4)6-5-9(3)19(24)27-15-11-7-12-14(13(11)17(21)22)20(25)28-16(12)15/h9-16H,1,5-7H2,2-4H3,(H,21,22). The second-order valence-electron chi connectivity index (χ2n) is 8.23. The first kappa shape index (κ1) is 20.4. The van der Waals surface area contributed by atoms with Gasteiger partial charge in [-0.1, -0.05) is 13.5 Å². The van der Waals surface area contributed by atoms with Crippen molar-refractivity contribution in [3.63, 3.8) is 0 Å². The van der Waals surface area contributed by atoms with Gasteiger partial charge < -0.3 is 19.3 Å². The molecular formula is C20H26O8. The van der Waals surface area contributed by atoms with Crippen molar-refractivity contribution in [2.24, 2.45) is 29.6 Å². The fourth-order valence-corrected chi connectivity index (χ4v) is 4.68. The maximum absolute atomic E-state index is 12.5. The molecule has 1 aliphatic heterocycles. The predicted octanol–water partition coefficient (Wildman–Crippen LogP) is 1.71. The number of rotatable bonds is 8. The molecule has 0 aromatic rings. The molecule has 2 saturated carbocycles. The van der Waals surface area contributed by atoms with Crippen LogP contribution in [-0.2, 0) is 33.4 Å². The van der Waals surface area contributed by atoms with E-state index in [1.807, 2.05) is 0 Å². The van der Waals surface area contributed by atoms with E-state index in [-0.39, 0.29) is 12.0 Å². The number of fused-ring (bicyclic) bond motifs is 1. The molecule has 0 aromatic heterocycles. The fourth-order valence-electron chi connectivity index (χ4n) is 4.68. The van der Waals surface area contributed by atoms with Crippen LogP contribution in [0.5, 0.6) is 0 Å². The summed E-state index contributed by atoms with van der Waals surface area (Å²) in [5.74, 6) is -4.98. The first-order valence-electron chi connectivity index (χ1n) is 9.62. The molecule has 28 heavy (non-hydrogen) atoms. The minimum absolute atomic E-state index is 0.187. The van der Waals surface area contributed by atoms with E-state index in [1.165, 1.54) is 0 Å². The van der Waals surface area contributed by atoms with Crippen molar-refractivity contribution in [3.05, 3.63) is 12.2 Å². The average Bonchev–Trinajstić information content (AvgIpc) is 3.22. The van der Waals surface area contributed by atoms with Gasteiger partial charge in [-0.2, -0.15) is 0 Å². The molecule has 8 nitrogen and oxygen atoms in total. The van der Waals surface area contributed by atoms with Crippen LogP contribution in [0, 0.1) is 29.6 Å². The van der Waals surface area contributed by atoms with Gasteiger partial charge in [0.15, 0.2) is 0 Å². The lowest BCUT2D eigenvalue weighted by molar-refractivity contribution is -0.168. The minimum atomic E-state index is -1.04. The molecule has 3 rings (SSSR count). The number of hydrogen-bond acceptors (Lipinski definition) is 7. The van der Waals surface area contributed by atoms with E-state index in [0.29, 0.717) is 24.8 Å². The number of carbonyl (C=O) groups excluding carboxylic acids is 3. The Morgan fingerprint density at radius 3 is 2.54 bits per heavy atom. The summed E-state index contributed by atoms with van der Waals surface area (Å²) in [6, 6.07) is 0. The van der Waals surface area contributed by atoms with Gasteiger partial charge in [0.25, 0.3) is 0 Å². The van der Waals surface area contributed by atoms with E-state index < -0.39 is 59.8 Å². The van der Waals surface area contributed by atoms with Crippen molar-refractivity contribution in [2.75, 3.05) is 0 Å². The van der Waals surface area contributed by atoms with Crippen molar-refractivity contribution in [2.45, 2.75) is 58.3 Å². The summed E-state index contributed by atoms with van der Waals surface area (Å²) in [6.07, 6.45) is -0.163. The summed E-state index contributed by atoms with van der Waals surface area (Å²) in [5, 5.41) is 9.49. The normalized spacial score (nSPS) is 34.5. The number of carboxylic acid groups (broad SMARTS) is 1. The van der Waals surface area contributed by atoms with Crippen LogP contribution in [0.1, 0.15) is 40.0 Å². The van der Waals surface area contributed by atoms with Gasteiger partial charge in [0.2, 0.25) is 0 Å². The highest BCUT2D eigenvalue weighted by Gasteiger charge is 2.70. The molecule has 8 heteroatoms. The summed E-state index contributed by atoms with van der Waals surface area (Å²) in [4.78, 5) is 47.7. The molecule has 2 aliphatic carbocycles. The van der Waals surface area contributed by atoms with Gasteiger partial charge >= 0.3 is 23.9 Å². The first-order chi connectivity index (χ1) is 13.1. The molecule has 3 aliphatic rings. The lowest BCUT2D eigenvalue weighted by Crippen LogP contribution is -2.43. The van der Waals surface area contributed by atoms with Crippen LogP contribution in [0.4, 0.5) is 0 Å². The maximum Gasteiger partial charge on any atom is 0.333 e. The fraction of sp³-hybridized carbons (Fsp3) is 0.700. The topological polar surface area (TPSA) is 116 Å². The molecule has 154 valence electrons. The molecule has 8 atom stereocenters. The van der Waals surface area contributed by atoms with Gasteiger partial charge in [-0.05, 0) is 33.1 Å². The number of hydrogen-bond donors (Lipinski definition) is 1. The van der Waals surface area contributed by atoms with Crippen LogP contribution in [0.25, 0.3) is 0 Å². The number of carbonyl (C=O) groups is 4. The molecule has 0 spiro atoms. The smallest absolute Gasteiger partial charge is 0.333 e. The van der Waals surface area contributed by atoms with Crippen molar-refractivity contribution in [1.82, 2.24) is 0 Å². The Kier molecular flexibility index (Phi) is 5.50. The zero-order valence-electron chi connectivity index (χ0n) is 16.3. The summed E-state index contributed by atoms with van der Waals surface area (Å²) in [7, 11) is 0. The second kappa shape index (κ2) is 7.56. The molecule has 0 amide bonds. The van der Waals surface area contributed by atoms with E-state index in [1.54, 1.807) is 20.8 Å².